The second-order valence-electron chi connectivity index (χ2n) is 4.24. The van der Waals surface area contributed by atoms with Crippen molar-refractivity contribution in [2.45, 2.75) is 13.8 Å². The van der Waals surface area contributed by atoms with Gasteiger partial charge in [-0.2, -0.15) is 4.73 Å². The fraction of sp³-hybridized carbons (Fsp3) is 0.143. The second-order valence-corrected chi connectivity index (χ2v) is 4.24. The third-order valence-corrected chi connectivity index (χ3v) is 2.88. The molecule has 0 saturated heterocycles. The summed E-state index contributed by atoms with van der Waals surface area (Å²) < 4.78 is 0.717. The Balaban J connectivity index is 2.54. The predicted octanol–water partition coefficient (Wildman–Crippen LogP) is 2.30. The van der Waals surface area contributed by atoms with Crippen molar-refractivity contribution in [1.82, 2.24) is 0 Å². The smallest absolute Gasteiger partial charge is 0.336 e. The molecule has 0 fully saturated rings. The number of carbonyl (C=O) groups is 1. The van der Waals surface area contributed by atoms with E-state index >= 15 is 0 Å². The highest BCUT2D eigenvalue weighted by atomic mass is 16.5. The van der Waals surface area contributed by atoms with Gasteiger partial charge in [-0.1, -0.05) is 12.1 Å². The lowest BCUT2D eigenvalue weighted by Crippen LogP contribution is -2.23. The molecule has 2 rings (SSSR count). The Bertz CT molecular complexity index is 580. The van der Waals surface area contributed by atoms with Crippen LogP contribution in [-0.2, 0) is 0 Å². The Morgan fingerprint density at radius 2 is 1.61 bits per heavy atom. The van der Waals surface area contributed by atoms with Crippen LogP contribution in [-0.4, -0.2) is 11.1 Å². The SMILES string of the molecule is Cc1cc(-c2cc[n+]([O-])cc2)cc(C)c1C(=O)O. The van der Waals surface area contributed by atoms with Gasteiger partial charge in [0.1, 0.15) is 0 Å². The Kier molecular flexibility index (Phi) is 3.02. The molecule has 92 valence electrons. The molecule has 18 heavy (non-hydrogen) atoms. The van der Waals surface area contributed by atoms with Gasteiger partial charge in [0.05, 0.1) is 5.56 Å². The summed E-state index contributed by atoms with van der Waals surface area (Å²) in [4.78, 5) is 11.1. The van der Waals surface area contributed by atoms with Gasteiger partial charge >= 0.3 is 5.97 Å². The molecule has 0 amide bonds. The normalized spacial score (nSPS) is 10.3. The summed E-state index contributed by atoms with van der Waals surface area (Å²) in [6, 6.07) is 7.06. The van der Waals surface area contributed by atoms with E-state index in [9.17, 15) is 10.0 Å². The van der Waals surface area contributed by atoms with E-state index < -0.39 is 5.97 Å². The lowest BCUT2D eigenvalue weighted by molar-refractivity contribution is -0.605. The summed E-state index contributed by atoms with van der Waals surface area (Å²) in [5, 5.41) is 20.1. The second kappa shape index (κ2) is 4.49. The molecule has 0 aliphatic rings. The topological polar surface area (TPSA) is 64.2 Å². The zero-order chi connectivity index (χ0) is 13.3. The molecule has 0 bridgehead atoms. The number of hydrogen-bond donors (Lipinski definition) is 1. The number of nitrogens with zero attached hydrogens (tertiary/aromatic N) is 1. The van der Waals surface area contributed by atoms with Gasteiger partial charge in [-0.25, -0.2) is 4.79 Å². The fourth-order valence-corrected chi connectivity index (χ4v) is 2.07. The summed E-state index contributed by atoms with van der Waals surface area (Å²) >= 11 is 0. The van der Waals surface area contributed by atoms with E-state index in [1.54, 1.807) is 26.0 Å². The molecule has 4 nitrogen and oxygen atoms in total. The van der Waals surface area contributed by atoms with E-state index in [4.69, 9.17) is 5.11 Å². The maximum atomic E-state index is 11.1. The average Bonchev–Trinajstić information content (AvgIpc) is 2.28. The Morgan fingerprint density at radius 1 is 1.11 bits per heavy atom. The van der Waals surface area contributed by atoms with Crippen molar-refractivity contribution in [2.24, 2.45) is 0 Å². The number of aromatic nitrogens is 1. The van der Waals surface area contributed by atoms with Crippen molar-refractivity contribution < 1.29 is 14.6 Å². The number of aromatic carboxylic acids is 1. The summed E-state index contributed by atoms with van der Waals surface area (Å²) in [6.07, 6.45) is 2.84. The first kappa shape index (κ1) is 12.1. The van der Waals surface area contributed by atoms with Crippen LogP contribution >= 0.6 is 0 Å². The minimum atomic E-state index is -0.915. The summed E-state index contributed by atoms with van der Waals surface area (Å²) in [6.45, 7) is 3.55. The van der Waals surface area contributed by atoms with Gasteiger partial charge in [-0.05, 0) is 36.1 Å². The molecule has 0 spiro atoms. The number of pyridine rings is 1. The standard InChI is InChI=1S/C14H13NO3/c1-9-7-12(8-10(2)13(9)14(16)17)11-3-5-15(18)6-4-11/h3-8H,1-2H3,(H,16,17). The first-order chi connectivity index (χ1) is 8.49. The van der Waals surface area contributed by atoms with E-state index in [2.05, 4.69) is 0 Å². The van der Waals surface area contributed by atoms with E-state index in [1.165, 1.54) is 12.4 Å². The monoisotopic (exact) mass is 243 g/mol. The number of hydrogen-bond acceptors (Lipinski definition) is 2. The zero-order valence-corrected chi connectivity index (χ0v) is 10.2. The van der Waals surface area contributed by atoms with Gasteiger partial charge in [0.2, 0.25) is 0 Å². The van der Waals surface area contributed by atoms with Gasteiger partial charge in [0.25, 0.3) is 0 Å². The Hall–Kier alpha value is -2.36. The lowest BCUT2D eigenvalue weighted by atomic mass is 9.96. The van der Waals surface area contributed by atoms with E-state index in [0.29, 0.717) is 5.56 Å². The molecule has 1 heterocycles. The van der Waals surface area contributed by atoms with Crippen LogP contribution < -0.4 is 4.73 Å². The minimum Gasteiger partial charge on any atom is -0.619 e. The van der Waals surface area contributed by atoms with Gasteiger partial charge in [-0.15, -0.1) is 0 Å². The van der Waals surface area contributed by atoms with Gasteiger partial charge in [0, 0.05) is 12.1 Å². The van der Waals surface area contributed by atoms with Crippen LogP contribution in [0.25, 0.3) is 11.1 Å². The minimum absolute atomic E-state index is 0.341. The molecule has 1 aromatic heterocycles. The largest absolute Gasteiger partial charge is 0.619 e. The van der Waals surface area contributed by atoms with Crippen LogP contribution in [0.3, 0.4) is 0 Å². The maximum Gasteiger partial charge on any atom is 0.336 e. The summed E-state index contributed by atoms with van der Waals surface area (Å²) in [5.41, 5.74) is 3.59. The molecule has 4 heteroatoms. The third-order valence-electron chi connectivity index (χ3n) is 2.88. The molecular weight excluding hydrogens is 230 g/mol. The molecule has 0 saturated carbocycles. The van der Waals surface area contributed by atoms with Gasteiger partial charge in [0.15, 0.2) is 12.4 Å². The average molecular weight is 243 g/mol. The molecule has 1 N–H and O–H groups in total. The molecule has 0 aliphatic heterocycles. The number of aryl methyl sites for hydroxylation is 2. The highest BCUT2D eigenvalue weighted by Gasteiger charge is 2.12. The first-order valence-electron chi connectivity index (χ1n) is 5.53. The van der Waals surface area contributed by atoms with Crippen molar-refractivity contribution in [3.63, 3.8) is 0 Å². The number of rotatable bonds is 2. The molecule has 2 aromatic rings. The van der Waals surface area contributed by atoms with Crippen molar-refractivity contribution >= 4 is 5.97 Å². The predicted molar refractivity (Wildman–Crippen MR) is 67.3 cm³/mol. The zero-order valence-electron chi connectivity index (χ0n) is 10.2. The number of carboxylic acid groups (broad SMARTS) is 1. The van der Waals surface area contributed by atoms with Crippen molar-refractivity contribution in [3.05, 3.63) is 58.6 Å². The van der Waals surface area contributed by atoms with Crippen LogP contribution in [0.15, 0.2) is 36.7 Å². The quantitative estimate of drug-likeness (QED) is 0.650. The summed E-state index contributed by atoms with van der Waals surface area (Å²) in [5.74, 6) is -0.915. The Morgan fingerprint density at radius 3 is 2.06 bits per heavy atom. The summed E-state index contributed by atoms with van der Waals surface area (Å²) in [7, 11) is 0. The maximum absolute atomic E-state index is 11.1. The highest BCUT2D eigenvalue weighted by Crippen LogP contribution is 2.24. The Labute approximate surface area is 105 Å². The first-order valence-corrected chi connectivity index (χ1v) is 5.53. The molecule has 0 atom stereocenters. The molecule has 0 radical (unpaired) electrons. The molecule has 0 aliphatic carbocycles. The van der Waals surface area contributed by atoms with Crippen molar-refractivity contribution in [1.29, 1.82) is 0 Å². The fourth-order valence-electron chi connectivity index (χ4n) is 2.07. The van der Waals surface area contributed by atoms with Crippen molar-refractivity contribution in [3.8, 4) is 11.1 Å². The highest BCUT2D eigenvalue weighted by molar-refractivity contribution is 5.92. The van der Waals surface area contributed by atoms with Crippen LogP contribution in [0.2, 0.25) is 0 Å². The molecular formula is C14H13NO3. The van der Waals surface area contributed by atoms with Crippen LogP contribution in [0.5, 0.6) is 0 Å². The molecule has 1 aromatic carbocycles. The number of carboxylic acids is 1. The van der Waals surface area contributed by atoms with Gasteiger partial charge < -0.3 is 10.3 Å². The van der Waals surface area contributed by atoms with E-state index in [0.717, 1.165) is 27.0 Å². The third kappa shape index (κ3) is 2.18. The number of benzene rings is 1. The van der Waals surface area contributed by atoms with Crippen molar-refractivity contribution in [2.75, 3.05) is 0 Å². The van der Waals surface area contributed by atoms with Gasteiger partial charge in [-0.3, -0.25) is 0 Å². The van der Waals surface area contributed by atoms with E-state index in [1.807, 2.05) is 12.1 Å². The van der Waals surface area contributed by atoms with Crippen LogP contribution in [0.1, 0.15) is 21.5 Å². The van der Waals surface area contributed by atoms with Crippen LogP contribution in [0.4, 0.5) is 0 Å². The molecule has 0 unspecified atom stereocenters. The van der Waals surface area contributed by atoms with E-state index in [-0.39, 0.29) is 0 Å². The lowest BCUT2D eigenvalue weighted by Gasteiger charge is -2.09. The van der Waals surface area contributed by atoms with Crippen LogP contribution in [0, 0.1) is 19.1 Å².